The van der Waals surface area contributed by atoms with Gasteiger partial charge in [0.05, 0.1) is 6.61 Å². The Balaban J connectivity index is 1.97. The molecule has 17 heavy (non-hydrogen) atoms. The Bertz CT molecular complexity index is 276. The van der Waals surface area contributed by atoms with E-state index in [-0.39, 0.29) is 11.9 Å². The number of rotatable bonds is 8. The Kier molecular flexibility index (Phi) is 6.37. The van der Waals surface area contributed by atoms with Crippen LogP contribution in [-0.4, -0.2) is 24.5 Å². The quantitative estimate of drug-likeness (QED) is 0.400. The minimum Gasteiger partial charge on any atom is -0.464 e. The summed E-state index contributed by atoms with van der Waals surface area (Å²) in [6.45, 7) is 4.12. The zero-order valence-corrected chi connectivity index (χ0v) is 10.2. The number of ether oxygens (including phenoxy) is 1. The second-order valence-corrected chi connectivity index (χ2v) is 4.32. The fourth-order valence-electron chi connectivity index (χ4n) is 1.81. The summed E-state index contributed by atoms with van der Waals surface area (Å²) in [5.74, 6) is -0.349. The number of nitrogens with one attached hydrogen (secondary N) is 1. The standard InChI is InChI=1S/C13H21NO3/c1-2-3-4-5-6-7-10-17-13(16)11-8-9-12(15)14-11/h2,11H,1,3-10H2,(H,14,15)/t11-/m0/s1. The lowest BCUT2D eigenvalue weighted by Crippen LogP contribution is -2.34. The number of esters is 1. The molecule has 1 N–H and O–H groups in total. The van der Waals surface area contributed by atoms with Crippen LogP contribution in [0.1, 0.15) is 44.9 Å². The smallest absolute Gasteiger partial charge is 0.328 e. The molecule has 0 bridgehead atoms. The lowest BCUT2D eigenvalue weighted by molar-refractivity contribution is -0.146. The van der Waals surface area contributed by atoms with Crippen LogP contribution in [0.3, 0.4) is 0 Å². The number of carbonyl (C=O) groups is 2. The normalized spacial score (nSPS) is 18.8. The van der Waals surface area contributed by atoms with E-state index in [1.54, 1.807) is 0 Å². The van der Waals surface area contributed by atoms with Crippen molar-refractivity contribution in [2.45, 2.75) is 51.0 Å². The first-order chi connectivity index (χ1) is 8.24. The largest absolute Gasteiger partial charge is 0.464 e. The molecule has 1 saturated heterocycles. The maximum absolute atomic E-state index is 11.5. The van der Waals surface area contributed by atoms with E-state index < -0.39 is 6.04 Å². The summed E-state index contributed by atoms with van der Waals surface area (Å²) in [6, 6.07) is -0.414. The number of hydrogen-bond donors (Lipinski definition) is 1. The van der Waals surface area contributed by atoms with E-state index in [1.165, 1.54) is 0 Å². The van der Waals surface area contributed by atoms with Gasteiger partial charge in [-0.25, -0.2) is 4.79 Å². The number of allylic oxidation sites excluding steroid dienone is 1. The van der Waals surface area contributed by atoms with Gasteiger partial charge in [-0.15, -0.1) is 6.58 Å². The van der Waals surface area contributed by atoms with Crippen molar-refractivity contribution >= 4 is 11.9 Å². The van der Waals surface area contributed by atoms with E-state index in [0.29, 0.717) is 19.4 Å². The molecule has 0 spiro atoms. The zero-order chi connectivity index (χ0) is 12.5. The Morgan fingerprint density at radius 2 is 2.18 bits per heavy atom. The average molecular weight is 239 g/mol. The molecule has 0 aromatic heterocycles. The van der Waals surface area contributed by atoms with Crippen molar-refractivity contribution in [1.29, 1.82) is 0 Å². The third kappa shape index (κ3) is 5.52. The average Bonchev–Trinajstić information content (AvgIpc) is 2.74. The van der Waals surface area contributed by atoms with Crippen LogP contribution in [0.4, 0.5) is 0 Å². The SMILES string of the molecule is C=CCCCCCCOC(=O)[C@@H]1CCC(=O)N1. The lowest BCUT2D eigenvalue weighted by atomic mass is 10.1. The van der Waals surface area contributed by atoms with Crippen LogP contribution in [0.15, 0.2) is 12.7 Å². The summed E-state index contributed by atoms with van der Waals surface area (Å²) in [4.78, 5) is 22.4. The van der Waals surface area contributed by atoms with Crippen LogP contribution in [0, 0.1) is 0 Å². The molecule has 1 rings (SSSR count). The Morgan fingerprint density at radius 1 is 1.41 bits per heavy atom. The van der Waals surface area contributed by atoms with E-state index in [1.807, 2.05) is 6.08 Å². The van der Waals surface area contributed by atoms with E-state index in [9.17, 15) is 9.59 Å². The molecule has 1 fully saturated rings. The molecule has 1 atom stereocenters. The van der Waals surface area contributed by atoms with Gasteiger partial charge in [-0.2, -0.15) is 0 Å². The number of amides is 1. The number of hydrogen-bond acceptors (Lipinski definition) is 3. The Labute approximate surface area is 102 Å². The summed E-state index contributed by atoms with van der Waals surface area (Å²) in [7, 11) is 0. The molecule has 1 heterocycles. The molecule has 1 aliphatic rings. The van der Waals surface area contributed by atoms with Crippen LogP contribution in [0.5, 0.6) is 0 Å². The molecule has 0 aromatic rings. The maximum Gasteiger partial charge on any atom is 0.328 e. The molecule has 0 saturated carbocycles. The number of unbranched alkanes of at least 4 members (excludes halogenated alkanes) is 4. The highest BCUT2D eigenvalue weighted by Crippen LogP contribution is 2.09. The molecule has 0 aromatic carbocycles. The summed E-state index contributed by atoms with van der Waals surface area (Å²) in [6.07, 6.45) is 8.22. The maximum atomic E-state index is 11.5. The molecule has 1 amide bonds. The van der Waals surface area contributed by atoms with Gasteiger partial charge in [-0.1, -0.05) is 18.9 Å². The van der Waals surface area contributed by atoms with Gasteiger partial charge in [-0.05, 0) is 25.7 Å². The van der Waals surface area contributed by atoms with Crippen molar-refractivity contribution < 1.29 is 14.3 Å². The van der Waals surface area contributed by atoms with E-state index in [2.05, 4.69) is 11.9 Å². The van der Waals surface area contributed by atoms with Crippen LogP contribution in [0.2, 0.25) is 0 Å². The first-order valence-corrected chi connectivity index (χ1v) is 6.31. The van der Waals surface area contributed by atoms with Crippen molar-refractivity contribution in [3.8, 4) is 0 Å². The predicted octanol–water partition coefficient (Wildman–Crippen LogP) is 1.94. The van der Waals surface area contributed by atoms with Crippen LogP contribution in [0.25, 0.3) is 0 Å². The van der Waals surface area contributed by atoms with Crippen LogP contribution >= 0.6 is 0 Å². The van der Waals surface area contributed by atoms with Gasteiger partial charge in [0.1, 0.15) is 6.04 Å². The first kappa shape index (κ1) is 13.7. The van der Waals surface area contributed by atoms with Gasteiger partial charge in [-0.3, -0.25) is 4.79 Å². The predicted molar refractivity (Wildman–Crippen MR) is 65.4 cm³/mol. The fraction of sp³-hybridized carbons (Fsp3) is 0.692. The lowest BCUT2D eigenvalue weighted by Gasteiger charge is -2.09. The second-order valence-electron chi connectivity index (χ2n) is 4.32. The van der Waals surface area contributed by atoms with E-state index >= 15 is 0 Å². The third-order valence-electron chi connectivity index (χ3n) is 2.83. The van der Waals surface area contributed by atoms with E-state index in [4.69, 9.17) is 4.74 Å². The fourth-order valence-corrected chi connectivity index (χ4v) is 1.81. The Morgan fingerprint density at radius 3 is 2.82 bits per heavy atom. The van der Waals surface area contributed by atoms with Crippen LogP contribution in [-0.2, 0) is 14.3 Å². The minimum absolute atomic E-state index is 0.0589. The molecule has 4 heteroatoms. The van der Waals surface area contributed by atoms with Gasteiger partial charge >= 0.3 is 5.97 Å². The molecular formula is C13H21NO3. The topological polar surface area (TPSA) is 55.4 Å². The first-order valence-electron chi connectivity index (χ1n) is 6.31. The van der Waals surface area contributed by atoms with Crippen molar-refractivity contribution in [1.82, 2.24) is 5.32 Å². The highest BCUT2D eigenvalue weighted by Gasteiger charge is 2.28. The summed E-state index contributed by atoms with van der Waals surface area (Å²) < 4.78 is 5.11. The highest BCUT2D eigenvalue weighted by atomic mass is 16.5. The highest BCUT2D eigenvalue weighted by molar-refractivity contribution is 5.87. The van der Waals surface area contributed by atoms with Crippen molar-refractivity contribution in [3.63, 3.8) is 0 Å². The molecule has 1 aliphatic heterocycles. The summed E-state index contributed by atoms with van der Waals surface area (Å²) >= 11 is 0. The van der Waals surface area contributed by atoms with Gasteiger partial charge < -0.3 is 10.1 Å². The second kappa shape index (κ2) is 7.87. The molecule has 0 radical (unpaired) electrons. The monoisotopic (exact) mass is 239 g/mol. The molecule has 96 valence electrons. The minimum atomic E-state index is -0.414. The molecule has 0 unspecified atom stereocenters. The van der Waals surface area contributed by atoms with Gasteiger partial charge in [0, 0.05) is 6.42 Å². The number of carbonyl (C=O) groups excluding carboxylic acids is 2. The van der Waals surface area contributed by atoms with Crippen LogP contribution < -0.4 is 5.32 Å². The molecule has 4 nitrogen and oxygen atoms in total. The summed E-state index contributed by atoms with van der Waals surface area (Å²) in [5.41, 5.74) is 0. The van der Waals surface area contributed by atoms with Gasteiger partial charge in [0.25, 0.3) is 0 Å². The van der Waals surface area contributed by atoms with E-state index in [0.717, 1.165) is 32.1 Å². The van der Waals surface area contributed by atoms with Crippen molar-refractivity contribution in [2.75, 3.05) is 6.61 Å². The zero-order valence-electron chi connectivity index (χ0n) is 10.2. The van der Waals surface area contributed by atoms with Gasteiger partial charge in [0.2, 0.25) is 5.91 Å². The summed E-state index contributed by atoms with van der Waals surface area (Å²) in [5, 5.41) is 2.60. The van der Waals surface area contributed by atoms with Crippen molar-refractivity contribution in [3.05, 3.63) is 12.7 Å². The Hall–Kier alpha value is -1.32. The molecule has 0 aliphatic carbocycles. The molecular weight excluding hydrogens is 218 g/mol. The van der Waals surface area contributed by atoms with Gasteiger partial charge in [0.15, 0.2) is 0 Å². The van der Waals surface area contributed by atoms with Crippen molar-refractivity contribution in [2.24, 2.45) is 0 Å². The third-order valence-corrected chi connectivity index (χ3v) is 2.83.